The number of carbonyl (C=O) groups excluding carboxylic acids is 2. The Morgan fingerprint density at radius 2 is 1.85 bits per heavy atom. The Balaban J connectivity index is 2.53. The third-order valence-corrected chi connectivity index (χ3v) is 3.22. The third kappa shape index (κ3) is 6.12. The first-order valence-corrected chi connectivity index (χ1v) is 7.02. The Labute approximate surface area is 120 Å². The van der Waals surface area contributed by atoms with E-state index in [0.29, 0.717) is 5.92 Å². The highest BCUT2D eigenvalue weighted by molar-refractivity contribution is 5.68. The summed E-state index contributed by atoms with van der Waals surface area (Å²) in [6.45, 7) is 5.53. The van der Waals surface area contributed by atoms with Crippen LogP contribution in [0.25, 0.3) is 0 Å². The second kappa shape index (κ2) is 7.36. The minimum absolute atomic E-state index is 0.108. The molecule has 0 bridgehead atoms. The fourth-order valence-electron chi connectivity index (χ4n) is 2.33. The zero-order chi connectivity index (χ0) is 15.2. The van der Waals surface area contributed by atoms with Gasteiger partial charge in [-0.3, -0.25) is 0 Å². The maximum Gasteiger partial charge on any atom is 0.508 e. The Hall–Kier alpha value is -1.46. The topological polar surface area (TPSA) is 73.9 Å². The Bertz CT molecular complexity index is 331. The number of hydrogen-bond acceptors (Lipinski definition) is 5. The molecule has 1 amide bonds. The van der Waals surface area contributed by atoms with E-state index in [2.05, 4.69) is 10.1 Å². The normalized spacial score (nSPS) is 17.4. The lowest BCUT2D eigenvalue weighted by Crippen LogP contribution is -2.45. The van der Waals surface area contributed by atoms with Gasteiger partial charge in [0.2, 0.25) is 0 Å². The van der Waals surface area contributed by atoms with Crippen molar-refractivity contribution in [1.29, 1.82) is 0 Å². The summed E-state index contributed by atoms with van der Waals surface area (Å²) >= 11 is 0. The molecule has 6 nitrogen and oxygen atoms in total. The van der Waals surface area contributed by atoms with Crippen molar-refractivity contribution in [3.8, 4) is 0 Å². The van der Waals surface area contributed by atoms with Gasteiger partial charge in [0.25, 0.3) is 0 Å². The van der Waals surface area contributed by atoms with E-state index in [0.717, 1.165) is 25.7 Å². The molecule has 1 rings (SSSR count). The van der Waals surface area contributed by atoms with Crippen molar-refractivity contribution in [3.63, 3.8) is 0 Å². The molecule has 1 aliphatic rings. The SMILES string of the molecule is COC(=O)OC[C@H](NC(=O)OC(C)(C)C)C1CCCC1. The second-order valence-corrected chi connectivity index (χ2v) is 6.06. The number of hydrogen-bond donors (Lipinski definition) is 1. The van der Waals surface area contributed by atoms with Crippen LogP contribution in [-0.2, 0) is 14.2 Å². The maximum absolute atomic E-state index is 11.8. The van der Waals surface area contributed by atoms with Gasteiger partial charge >= 0.3 is 12.2 Å². The number of carbonyl (C=O) groups is 2. The summed E-state index contributed by atoms with van der Waals surface area (Å²) < 4.78 is 14.6. The molecule has 1 atom stereocenters. The van der Waals surface area contributed by atoms with Crippen molar-refractivity contribution in [2.45, 2.75) is 58.1 Å². The van der Waals surface area contributed by atoms with E-state index in [4.69, 9.17) is 9.47 Å². The lowest BCUT2D eigenvalue weighted by Gasteiger charge is -2.26. The van der Waals surface area contributed by atoms with Gasteiger partial charge in [-0.1, -0.05) is 12.8 Å². The predicted molar refractivity (Wildman–Crippen MR) is 73.5 cm³/mol. The number of ether oxygens (including phenoxy) is 3. The van der Waals surface area contributed by atoms with Crippen LogP contribution in [0.4, 0.5) is 9.59 Å². The Morgan fingerprint density at radius 1 is 1.25 bits per heavy atom. The van der Waals surface area contributed by atoms with Crippen molar-refractivity contribution in [3.05, 3.63) is 0 Å². The van der Waals surface area contributed by atoms with Crippen LogP contribution in [0.5, 0.6) is 0 Å². The first-order valence-electron chi connectivity index (χ1n) is 7.02. The molecule has 0 aromatic heterocycles. The maximum atomic E-state index is 11.8. The van der Waals surface area contributed by atoms with Crippen LogP contribution in [0.3, 0.4) is 0 Å². The number of amides is 1. The van der Waals surface area contributed by atoms with Gasteiger partial charge in [0, 0.05) is 0 Å². The van der Waals surface area contributed by atoms with Gasteiger partial charge in [-0.2, -0.15) is 0 Å². The third-order valence-electron chi connectivity index (χ3n) is 3.22. The van der Waals surface area contributed by atoms with Crippen LogP contribution in [0.1, 0.15) is 46.5 Å². The van der Waals surface area contributed by atoms with E-state index in [9.17, 15) is 9.59 Å². The van der Waals surface area contributed by atoms with Gasteiger partial charge in [-0.25, -0.2) is 9.59 Å². The van der Waals surface area contributed by atoms with Crippen LogP contribution in [0.2, 0.25) is 0 Å². The molecular formula is C14H25NO5. The van der Waals surface area contributed by atoms with Crippen LogP contribution in [0.15, 0.2) is 0 Å². The summed E-state index contributed by atoms with van der Waals surface area (Å²) in [6, 6.07) is -0.230. The van der Waals surface area contributed by atoms with Gasteiger partial charge in [-0.05, 0) is 39.5 Å². The van der Waals surface area contributed by atoms with E-state index >= 15 is 0 Å². The highest BCUT2D eigenvalue weighted by Crippen LogP contribution is 2.28. The van der Waals surface area contributed by atoms with Gasteiger partial charge < -0.3 is 19.5 Å². The number of alkyl carbamates (subject to hydrolysis) is 1. The molecule has 0 heterocycles. The second-order valence-electron chi connectivity index (χ2n) is 6.06. The van der Waals surface area contributed by atoms with Crippen LogP contribution in [0, 0.1) is 5.92 Å². The molecule has 0 aromatic carbocycles. The average molecular weight is 287 g/mol. The standard InChI is InChI=1S/C14H25NO5/c1-14(2,3)20-12(16)15-11(9-19-13(17)18-4)10-7-5-6-8-10/h10-11H,5-9H2,1-4H3,(H,15,16)/t11-/m0/s1. The summed E-state index contributed by atoms with van der Waals surface area (Å²) in [5, 5.41) is 2.80. The first kappa shape index (κ1) is 16.6. The molecule has 116 valence electrons. The molecule has 0 saturated heterocycles. The lowest BCUT2D eigenvalue weighted by molar-refractivity contribution is 0.0359. The number of methoxy groups -OCH3 is 1. The fourth-order valence-corrected chi connectivity index (χ4v) is 2.33. The molecule has 0 unspecified atom stereocenters. The summed E-state index contributed by atoms with van der Waals surface area (Å²) in [6.07, 6.45) is 3.09. The number of rotatable bonds is 4. The van der Waals surface area contributed by atoms with E-state index < -0.39 is 17.8 Å². The van der Waals surface area contributed by atoms with Crippen LogP contribution >= 0.6 is 0 Å². The molecule has 1 saturated carbocycles. The highest BCUT2D eigenvalue weighted by Gasteiger charge is 2.29. The van der Waals surface area contributed by atoms with Crippen molar-refractivity contribution in [1.82, 2.24) is 5.32 Å². The van der Waals surface area contributed by atoms with E-state index in [1.807, 2.05) is 20.8 Å². The molecule has 0 aromatic rings. The largest absolute Gasteiger partial charge is 0.508 e. The zero-order valence-electron chi connectivity index (χ0n) is 12.7. The van der Waals surface area contributed by atoms with Crippen molar-refractivity contribution >= 4 is 12.2 Å². The van der Waals surface area contributed by atoms with Gasteiger partial charge in [0.15, 0.2) is 0 Å². The summed E-state index contributed by atoms with van der Waals surface area (Å²) in [5.74, 6) is 0.312. The summed E-state index contributed by atoms with van der Waals surface area (Å²) in [7, 11) is 1.26. The Morgan fingerprint density at radius 3 is 2.35 bits per heavy atom. The summed E-state index contributed by atoms with van der Waals surface area (Å²) in [5.41, 5.74) is -0.548. The quantitative estimate of drug-likeness (QED) is 0.805. The zero-order valence-corrected chi connectivity index (χ0v) is 12.7. The molecule has 0 aliphatic heterocycles. The minimum atomic E-state index is -0.737. The summed E-state index contributed by atoms with van der Waals surface area (Å²) in [4.78, 5) is 22.9. The average Bonchev–Trinajstić information content (AvgIpc) is 2.85. The molecule has 6 heteroatoms. The molecular weight excluding hydrogens is 262 g/mol. The van der Waals surface area contributed by atoms with Crippen LogP contribution < -0.4 is 5.32 Å². The fraction of sp³-hybridized carbons (Fsp3) is 0.857. The first-order chi connectivity index (χ1) is 9.31. The molecule has 1 N–H and O–H groups in total. The van der Waals surface area contributed by atoms with E-state index in [1.165, 1.54) is 7.11 Å². The van der Waals surface area contributed by atoms with Crippen molar-refractivity contribution < 1.29 is 23.8 Å². The van der Waals surface area contributed by atoms with Gasteiger partial charge in [0.1, 0.15) is 12.2 Å². The lowest BCUT2D eigenvalue weighted by atomic mass is 9.99. The Kier molecular flexibility index (Phi) is 6.10. The van der Waals surface area contributed by atoms with Crippen molar-refractivity contribution in [2.24, 2.45) is 5.92 Å². The predicted octanol–water partition coefficient (Wildman–Crippen LogP) is 2.85. The minimum Gasteiger partial charge on any atom is -0.444 e. The molecule has 0 radical (unpaired) electrons. The van der Waals surface area contributed by atoms with E-state index in [-0.39, 0.29) is 12.6 Å². The van der Waals surface area contributed by atoms with Gasteiger partial charge in [-0.15, -0.1) is 0 Å². The van der Waals surface area contributed by atoms with Crippen LogP contribution in [-0.4, -0.2) is 37.6 Å². The van der Waals surface area contributed by atoms with Gasteiger partial charge in [0.05, 0.1) is 13.2 Å². The van der Waals surface area contributed by atoms with E-state index in [1.54, 1.807) is 0 Å². The highest BCUT2D eigenvalue weighted by atomic mass is 16.7. The monoisotopic (exact) mass is 287 g/mol. The number of nitrogens with one attached hydrogen (secondary N) is 1. The molecule has 0 spiro atoms. The van der Waals surface area contributed by atoms with Crippen molar-refractivity contribution in [2.75, 3.05) is 13.7 Å². The molecule has 20 heavy (non-hydrogen) atoms. The molecule has 1 fully saturated rings. The molecule has 1 aliphatic carbocycles. The smallest absolute Gasteiger partial charge is 0.444 e.